The predicted octanol–water partition coefficient (Wildman–Crippen LogP) is 5.96. The topological polar surface area (TPSA) is 0 Å². The fourth-order valence-corrected chi connectivity index (χ4v) is 3.84. The van der Waals surface area contributed by atoms with Crippen LogP contribution in [0.4, 0.5) is 0 Å². The Kier molecular flexibility index (Phi) is 6.04. The van der Waals surface area contributed by atoms with Crippen LogP contribution in [-0.2, 0) is 6.42 Å². The molecule has 1 fully saturated rings. The van der Waals surface area contributed by atoms with E-state index >= 15 is 0 Å². The van der Waals surface area contributed by atoms with E-state index in [1.54, 1.807) is 0 Å². The lowest BCUT2D eigenvalue weighted by molar-refractivity contribution is 0.419. The molecular weight excluding hydrogens is 308 g/mol. The van der Waals surface area contributed by atoms with Gasteiger partial charge >= 0.3 is 0 Å². The largest absolute Gasteiger partial charge is 0.123 e. The molecule has 0 aliphatic heterocycles. The molecule has 0 nitrogen and oxygen atoms in total. The van der Waals surface area contributed by atoms with Crippen molar-refractivity contribution in [3.8, 4) is 0 Å². The Hall–Kier alpha value is -0.0100. The highest BCUT2D eigenvalue weighted by Gasteiger charge is 2.17. The Balaban J connectivity index is 1.82. The Bertz CT molecular complexity index is 356. The quantitative estimate of drug-likeness (QED) is 0.472. The van der Waals surface area contributed by atoms with Crippen molar-refractivity contribution in [2.75, 3.05) is 0 Å². The van der Waals surface area contributed by atoms with Crippen molar-refractivity contribution in [1.29, 1.82) is 0 Å². The number of alkyl halides is 1. The lowest BCUT2D eigenvalue weighted by atomic mass is 9.93. The van der Waals surface area contributed by atoms with Crippen LogP contribution in [0.25, 0.3) is 0 Å². The molecule has 1 unspecified atom stereocenters. The fraction of sp³-hybridized carbons (Fsp3) is 0.625. The molecule has 1 aromatic carbocycles. The van der Waals surface area contributed by atoms with E-state index in [1.807, 2.05) is 0 Å². The van der Waals surface area contributed by atoms with Gasteiger partial charge in [0.15, 0.2) is 0 Å². The SMILES string of the molecule is ClC(Cc1cccc(Br)c1)CC1CCCCCC1. The molecule has 0 N–H and O–H groups in total. The van der Waals surface area contributed by atoms with Crippen molar-refractivity contribution in [2.24, 2.45) is 5.92 Å². The number of benzene rings is 1. The van der Waals surface area contributed by atoms with Crippen molar-refractivity contribution in [3.05, 3.63) is 34.3 Å². The normalized spacial score (nSPS) is 19.4. The Labute approximate surface area is 124 Å². The van der Waals surface area contributed by atoms with Crippen molar-refractivity contribution < 1.29 is 0 Å². The summed E-state index contributed by atoms with van der Waals surface area (Å²) in [6, 6.07) is 8.52. The van der Waals surface area contributed by atoms with E-state index in [0.717, 1.165) is 16.8 Å². The number of halogens is 2. The van der Waals surface area contributed by atoms with E-state index in [0.29, 0.717) is 5.38 Å². The van der Waals surface area contributed by atoms with Gasteiger partial charge in [-0.05, 0) is 36.5 Å². The van der Waals surface area contributed by atoms with Crippen LogP contribution in [0.15, 0.2) is 28.7 Å². The molecule has 1 atom stereocenters. The fourth-order valence-electron chi connectivity index (χ4n) is 2.96. The highest BCUT2D eigenvalue weighted by Crippen LogP contribution is 2.29. The van der Waals surface area contributed by atoms with Crippen LogP contribution in [0.3, 0.4) is 0 Å². The molecule has 0 amide bonds. The van der Waals surface area contributed by atoms with Gasteiger partial charge in [-0.1, -0.05) is 66.6 Å². The maximum atomic E-state index is 6.54. The first-order chi connectivity index (χ1) is 8.74. The Morgan fingerprint density at radius 2 is 1.89 bits per heavy atom. The zero-order chi connectivity index (χ0) is 12.8. The number of rotatable bonds is 4. The third-order valence-corrected chi connectivity index (χ3v) is 4.74. The molecule has 0 spiro atoms. The van der Waals surface area contributed by atoms with Gasteiger partial charge in [0.1, 0.15) is 0 Å². The molecule has 0 saturated heterocycles. The monoisotopic (exact) mass is 328 g/mol. The molecule has 2 rings (SSSR count). The summed E-state index contributed by atoms with van der Waals surface area (Å²) in [6.45, 7) is 0. The van der Waals surface area contributed by atoms with Crippen LogP contribution in [0.2, 0.25) is 0 Å². The highest BCUT2D eigenvalue weighted by atomic mass is 79.9. The van der Waals surface area contributed by atoms with Gasteiger partial charge in [-0.2, -0.15) is 0 Å². The molecule has 0 radical (unpaired) electrons. The standard InChI is InChI=1S/C16H22BrCl/c17-15-9-5-8-14(10-15)12-16(18)11-13-6-3-1-2-4-7-13/h5,8-10,13,16H,1-4,6-7,11-12H2. The van der Waals surface area contributed by atoms with Crippen molar-refractivity contribution >= 4 is 27.5 Å². The second kappa shape index (κ2) is 7.55. The average Bonchev–Trinajstić information content (AvgIpc) is 2.57. The van der Waals surface area contributed by atoms with Gasteiger partial charge in [-0.3, -0.25) is 0 Å². The summed E-state index contributed by atoms with van der Waals surface area (Å²) in [5.41, 5.74) is 1.35. The molecule has 18 heavy (non-hydrogen) atoms. The van der Waals surface area contributed by atoms with Crippen LogP contribution in [0.1, 0.15) is 50.5 Å². The molecule has 0 aromatic heterocycles. The molecule has 2 heteroatoms. The van der Waals surface area contributed by atoms with Gasteiger partial charge in [0.05, 0.1) is 0 Å². The van der Waals surface area contributed by atoms with Crippen LogP contribution in [-0.4, -0.2) is 5.38 Å². The maximum Gasteiger partial charge on any atom is 0.0379 e. The third kappa shape index (κ3) is 4.93. The maximum absolute atomic E-state index is 6.54. The molecular formula is C16H22BrCl. The molecule has 1 saturated carbocycles. The van der Waals surface area contributed by atoms with E-state index in [9.17, 15) is 0 Å². The van der Waals surface area contributed by atoms with Crippen LogP contribution >= 0.6 is 27.5 Å². The lowest BCUT2D eigenvalue weighted by Crippen LogP contribution is -2.11. The first-order valence-corrected chi connectivity index (χ1v) is 8.35. The summed E-state index contributed by atoms with van der Waals surface area (Å²) in [5.74, 6) is 0.863. The summed E-state index contributed by atoms with van der Waals surface area (Å²) in [4.78, 5) is 0. The smallest absolute Gasteiger partial charge is 0.0379 e. The molecule has 1 aliphatic carbocycles. The summed E-state index contributed by atoms with van der Waals surface area (Å²) in [5, 5.41) is 0.294. The van der Waals surface area contributed by atoms with Crippen molar-refractivity contribution in [3.63, 3.8) is 0 Å². The molecule has 1 aliphatic rings. The van der Waals surface area contributed by atoms with Crippen LogP contribution in [0, 0.1) is 5.92 Å². The second-order valence-corrected chi connectivity index (χ2v) is 7.06. The van der Waals surface area contributed by atoms with Gasteiger partial charge in [0.2, 0.25) is 0 Å². The summed E-state index contributed by atoms with van der Waals surface area (Å²) in [7, 11) is 0. The van der Waals surface area contributed by atoms with E-state index < -0.39 is 0 Å². The summed E-state index contributed by atoms with van der Waals surface area (Å²) in [6.07, 6.45) is 10.6. The predicted molar refractivity (Wildman–Crippen MR) is 83.3 cm³/mol. The first-order valence-electron chi connectivity index (χ1n) is 7.12. The minimum atomic E-state index is 0.294. The van der Waals surface area contributed by atoms with Gasteiger partial charge in [-0.15, -0.1) is 11.6 Å². The van der Waals surface area contributed by atoms with Crippen LogP contribution < -0.4 is 0 Å². The number of hydrogen-bond donors (Lipinski definition) is 0. The van der Waals surface area contributed by atoms with E-state index in [1.165, 1.54) is 50.5 Å². The zero-order valence-corrected chi connectivity index (χ0v) is 13.2. The van der Waals surface area contributed by atoms with E-state index in [-0.39, 0.29) is 0 Å². The van der Waals surface area contributed by atoms with Crippen molar-refractivity contribution in [2.45, 2.75) is 56.7 Å². The summed E-state index contributed by atoms with van der Waals surface area (Å²) < 4.78 is 1.15. The second-order valence-electron chi connectivity index (χ2n) is 5.52. The number of hydrogen-bond acceptors (Lipinski definition) is 0. The van der Waals surface area contributed by atoms with Gasteiger partial charge in [-0.25, -0.2) is 0 Å². The minimum Gasteiger partial charge on any atom is -0.123 e. The van der Waals surface area contributed by atoms with Crippen LogP contribution in [0.5, 0.6) is 0 Å². The molecule has 0 bridgehead atoms. The zero-order valence-electron chi connectivity index (χ0n) is 10.9. The average molecular weight is 330 g/mol. The van der Waals surface area contributed by atoms with E-state index in [2.05, 4.69) is 40.2 Å². The Morgan fingerprint density at radius 1 is 1.17 bits per heavy atom. The Morgan fingerprint density at radius 3 is 2.56 bits per heavy atom. The van der Waals surface area contributed by atoms with E-state index in [4.69, 9.17) is 11.6 Å². The highest BCUT2D eigenvalue weighted by molar-refractivity contribution is 9.10. The minimum absolute atomic E-state index is 0.294. The molecule has 100 valence electrons. The van der Waals surface area contributed by atoms with Gasteiger partial charge in [0.25, 0.3) is 0 Å². The third-order valence-electron chi connectivity index (χ3n) is 3.91. The summed E-state index contributed by atoms with van der Waals surface area (Å²) >= 11 is 10.1. The first kappa shape index (κ1) is 14.4. The molecule has 1 aromatic rings. The molecule has 0 heterocycles. The van der Waals surface area contributed by atoms with Gasteiger partial charge < -0.3 is 0 Å². The van der Waals surface area contributed by atoms with Crippen molar-refractivity contribution in [1.82, 2.24) is 0 Å². The lowest BCUT2D eigenvalue weighted by Gasteiger charge is -2.18. The van der Waals surface area contributed by atoms with Gasteiger partial charge in [0, 0.05) is 9.85 Å².